The van der Waals surface area contributed by atoms with E-state index < -0.39 is 11.9 Å². The number of carbonyl (C=O) groups is 2. The van der Waals surface area contributed by atoms with Crippen molar-refractivity contribution in [2.24, 2.45) is 17.8 Å². The fraction of sp³-hybridized carbons (Fsp3) is 0.857. The summed E-state index contributed by atoms with van der Waals surface area (Å²) in [6.07, 6.45) is 2.75. The van der Waals surface area contributed by atoms with E-state index in [4.69, 9.17) is 4.74 Å². The molecule has 0 aromatic carbocycles. The Hall–Kier alpha value is -0.0600. The summed E-state index contributed by atoms with van der Waals surface area (Å²) in [5.41, 5.74) is 0. The Balaban J connectivity index is 0.00000324. The van der Waals surface area contributed by atoms with E-state index in [9.17, 15) is 14.7 Å². The summed E-state index contributed by atoms with van der Waals surface area (Å²) in [6.45, 7) is 6.45. The van der Waals surface area contributed by atoms with Crippen LogP contribution in [0.2, 0.25) is 0 Å². The second-order valence-corrected chi connectivity index (χ2v) is 5.73. The molecule has 0 aromatic rings. The molecule has 0 saturated heterocycles. The van der Waals surface area contributed by atoms with Crippen LogP contribution < -0.4 is 34.7 Å². The molecule has 1 aliphatic carbocycles. The molecule has 3 atom stereocenters. The molecule has 0 spiro atoms. The Kier molecular flexibility index (Phi) is 8.95. The van der Waals surface area contributed by atoms with E-state index >= 15 is 0 Å². The predicted octanol–water partition coefficient (Wildman–Crippen LogP) is -1.48. The molecule has 0 aromatic heterocycles. The summed E-state index contributed by atoms with van der Waals surface area (Å²) >= 11 is 0. The summed E-state index contributed by atoms with van der Waals surface area (Å²) in [5.74, 6) is -0.170. The van der Waals surface area contributed by atoms with Gasteiger partial charge in [0.25, 0.3) is 0 Å². The first kappa shape index (κ1) is 18.9. The van der Waals surface area contributed by atoms with Gasteiger partial charge in [-0.3, -0.25) is 4.79 Å². The maximum atomic E-state index is 11.6. The Morgan fingerprint density at radius 3 is 2.42 bits per heavy atom. The van der Waals surface area contributed by atoms with Crippen molar-refractivity contribution in [3.05, 3.63) is 0 Å². The number of carboxylic acids is 1. The van der Waals surface area contributed by atoms with E-state index in [-0.39, 0.29) is 48.5 Å². The molecule has 1 saturated carbocycles. The number of rotatable bonds is 5. The minimum atomic E-state index is -1.20. The standard InChI is InChI=1S/C14H24O4.Na/c1-9(2)11-5-4-10(3)8-12(11)18-14(17)7-6-13(15)16;/h9-12H,4-8H2,1-3H3,(H,15,16);/q;+1/p-1. The van der Waals surface area contributed by atoms with Crippen LogP contribution in [0.15, 0.2) is 0 Å². The minimum absolute atomic E-state index is 0. The number of hydrogen-bond donors (Lipinski definition) is 0. The van der Waals surface area contributed by atoms with E-state index in [1.807, 2.05) is 0 Å². The average Bonchev–Trinajstić information content (AvgIpc) is 2.26. The van der Waals surface area contributed by atoms with Crippen LogP contribution in [0.1, 0.15) is 52.9 Å². The van der Waals surface area contributed by atoms with Gasteiger partial charge in [-0.2, -0.15) is 0 Å². The Morgan fingerprint density at radius 2 is 1.89 bits per heavy atom. The van der Waals surface area contributed by atoms with Crippen LogP contribution in [0.3, 0.4) is 0 Å². The van der Waals surface area contributed by atoms with Gasteiger partial charge in [-0.1, -0.05) is 27.2 Å². The molecule has 3 unspecified atom stereocenters. The second kappa shape index (κ2) is 8.98. The monoisotopic (exact) mass is 278 g/mol. The molecule has 0 aliphatic heterocycles. The molecule has 4 nitrogen and oxygen atoms in total. The molecular formula is C14H23NaO4. The second-order valence-electron chi connectivity index (χ2n) is 5.73. The molecule has 0 bridgehead atoms. The van der Waals surface area contributed by atoms with Crippen LogP contribution in [0.25, 0.3) is 0 Å². The van der Waals surface area contributed by atoms with E-state index in [1.165, 1.54) is 6.42 Å². The maximum Gasteiger partial charge on any atom is 1.00 e. The van der Waals surface area contributed by atoms with Crippen LogP contribution in [0, 0.1) is 17.8 Å². The van der Waals surface area contributed by atoms with Crippen LogP contribution in [0.4, 0.5) is 0 Å². The normalized spacial score (nSPS) is 26.6. The molecule has 19 heavy (non-hydrogen) atoms. The van der Waals surface area contributed by atoms with Crippen LogP contribution in [-0.4, -0.2) is 18.0 Å². The first-order valence-corrected chi connectivity index (χ1v) is 6.79. The van der Waals surface area contributed by atoms with Crippen LogP contribution in [0.5, 0.6) is 0 Å². The van der Waals surface area contributed by atoms with Crippen LogP contribution >= 0.6 is 0 Å². The van der Waals surface area contributed by atoms with Gasteiger partial charge in [0, 0.05) is 5.97 Å². The summed E-state index contributed by atoms with van der Waals surface area (Å²) in [4.78, 5) is 21.9. The fourth-order valence-corrected chi connectivity index (χ4v) is 2.68. The Morgan fingerprint density at radius 1 is 1.26 bits per heavy atom. The molecule has 1 aliphatic rings. The quantitative estimate of drug-likeness (QED) is 0.455. The fourth-order valence-electron chi connectivity index (χ4n) is 2.68. The summed E-state index contributed by atoms with van der Waals surface area (Å²) in [6, 6.07) is 0. The van der Waals surface area contributed by atoms with Gasteiger partial charge in [0.1, 0.15) is 6.10 Å². The van der Waals surface area contributed by atoms with Crippen molar-refractivity contribution in [3.63, 3.8) is 0 Å². The zero-order chi connectivity index (χ0) is 13.7. The van der Waals surface area contributed by atoms with Crippen molar-refractivity contribution < 1.29 is 49.0 Å². The van der Waals surface area contributed by atoms with Crippen molar-refractivity contribution >= 4 is 11.9 Å². The van der Waals surface area contributed by atoms with Gasteiger partial charge in [-0.15, -0.1) is 0 Å². The third-order valence-corrected chi connectivity index (χ3v) is 3.78. The van der Waals surface area contributed by atoms with E-state index in [0.29, 0.717) is 17.8 Å². The van der Waals surface area contributed by atoms with Gasteiger partial charge in [0.15, 0.2) is 0 Å². The number of ether oxygens (including phenoxy) is 1. The van der Waals surface area contributed by atoms with Gasteiger partial charge in [-0.05, 0) is 37.0 Å². The SMILES string of the molecule is CC1CCC(C(C)C)C(OC(=O)CCC(=O)[O-])C1.[Na+]. The van der Waals surface area contributed by atoms with E-state index in [1.54, 1.807) is 0 Å². The number of aliphatic carboxylic acids is 1. The van der Waals surface area contributed by atoms with Crippen molar-refractivity contribution in [2.75, 3.05) is 0 Å². The smallest absolute Gasteiger partial charge is 0.550 e. The number of carboxylic acid groups (broad SMARTS) is 1. The number of carbonyl (C=O) groups excluding carboxylic acids is 2. The molecule has 0 radical (unpaired) electrons. The van der Waals surface area contributed by atoms with Crippen molar-refractivity contribution in [1.82, 2.24) is 0 Å². The van der Waals surface area contributed by atoms with Crippen molar-refractivity contribution in [2.45, 2.75) is 59.0 Å². The third-order valence-electron chi connectivity index (χ3n) is 3.78. The first-order chi connectivity index (χ1) is 8.40. The first-order valence-electron chi connectivity index (χ1n) is 6.79. The minimum Gasteiger partial charge on any atom is -0.550 e. The van der Waals surface area contributed by atoms with Crippen molar-refractivity contribution in [3.8, 4) is 0 Å². The molecule has 5 heteroatoms. The van der Waals surface area contributed by atoms with Crippen LogP contribution in [-0.2, 0) is 14.3 Å². The number of hydrogen-bond acceptors (Lipinski definition) is 4. The van der Waals surface area contributed by atoms with Gasteiger partial charge >= 0.3 is 35.5 Å². The zero-order valence-corrected chi connectivity index (χ0v) is 14.5. The largest absolute Gasteiger partial charge is 1.00 e. The predicted molar refractivity (Wildman–Crippen MR) is 65.5 cm³/mol. The molecule has 1 rings (SSSR count). The Bertz CT molecular complexity index is 304. The molecule has 104 valence electrons. The summed E-state index contributed by atoms with van der Waals surface area (Å²) in [5, 5.41) is 10.3. The van der Waals surface area contributed by atoms with Gasteiger partial charge in [-0.25, -0.2) is 0 Å². The van der Waals surface area contributed by atoms with Crippen molar-refractivity contribution in [1.29, 1.82) is 0 Å². The van der Waals surface area contributed by atoms with Gasteiger partial charge in [0.05, 0.1) is 6.42 Å². The van der Waals surface area contributed by atoms with E-state index in [2.05, 4.69) is 20.8 Å². The van der Waals surface area contributed by atoms with E-state index in [0.717, 1.165) is 12.8 Å². The zero-order valence-electron chi connectivity index (χ0n) is 12.5. The molecule has 0 N–H and O–H groups in total. The average molecular weight is 278 g/mol. The van der Waals surface area contributed by atoms with Gasteiger partial charge < -0.3 is 14.6 Å². The summed E-state index contributed by atoms with van der Waals surface area (Å²) < 4.78 is 5.46. The number of esters is 1. The topological polar surface area (TPSA) is 66.4 Å². The molecule has 1 fully saturated rings. The molecule has 0 heterocycles. The maximum absolute atomic E-state index is 11.6. The molecule has 0 amide bonds. The Labute approximate surface area is 137 Å². The van der Waals surface area contributed by atoms with Gasteiger partial charge in [0.2, 0.25) is 0 Å². The molecular weight excluding hydrogens is 255 g/mol. The third kappa shape index (κ3) is 6.77. The summed E-state index contributed by atoms with van der Waals surface area (Å²) in [7, 11) is 0.